The molecule has 3 aromatic carbocycles. The molecule has 0 saturated carbocycles. The second kappa shape index (κ2) is 66.3. The maximum atomic E-state index is 5.48. The lowest BCUT2D eigenvalue weighted by Gasteiger charge is -2.13. The summed E-state index contributed by atoms with van der Waals surface area (Å²) in [4.78, 5) is 0. The normalized spacial score (nSPS) is 11.7. The molecular formula is C55H111N9O13. The van der Waals surface area contributed by atoms with Crippen molar-refractivity contribution in [2.75, 3.05) is 162 Å². The van der Waals surface area contributed by atoms with Gasteiger partial charge in [0.25, 0.3) is 0 Å². The van der Waals surface area contributed by atoms with Crippen molar-refractivity contribution < 1.29 is 61.6 Å². The molecule has 77 heavy (non-hydrogen) atoms. The third kappa shape index (κ3) is 55.1. The zero-order valence-corrected chi connectivity index (χ0v) is 49.5. The first kappa shape index (κ1) is 81.8. The van der Waals surface area contributed by atoms with Crippen molar-refractivity contribution in [3.63, 3.8) is 0 Å². The van der Waals surface area contributed by atoms with Gasteiger partial charge < -0.3 is 113 Å². The van der Waals surface area contributed by atoms with Gasteiger partial charge in [0, 0.05) is 93.6 Å². The largest absolute Gasteiger partial charge is 0.497 e. The molecule has 1 heterocycles. The molecule has 18 N–H and O–H groups in total. The van der Waals surface area contributed by atoms with Crippen molar-refractivity contribution in [1.29, 1.82) is 0 Å². The Morgan fingerprint density at radius 1 is 0.519 bits per heavy atom. The average Bonchev–Trinajstić information content (AvgIpc) is 4.00. The summed E-state index contributed by atoms with van der Waals surface area (Å²) in [6.45, 7) is 20.6. The molecule has 3 aromatic rings. The molecule has 1 atom stereocenters. The first-order chi connectivity index (χ1) is 37.3. The zero-order chi connectivity index (χ0) is 59.2. The molecule has 1 saturated heterocycles. The first-order valence-electron chi connectivity index (χ1n) is 26.3. The third-order valence-electron chi connectivity index (χ3n) is 9.17. The van der Waals surface area contributed by atoms with Crippen LogP contribution in [0.15, 0.2) is 66.7 Å². The van der Waals surface area contributed by atoms with E-state index in [-0.39, 0.29) is 12.6 Å². The van der Waals surface area contributed by atoms with E-state index in [4.69, 9.17) is 108 Å². The van der Waals surface area contributed by atoms with Gasteiger partial charge in [0.1, 0.15) is 23.9 Å². The molecule has 1 aliphatic rings. The number of benzene rings is 3. The molecule has 0 amide bonds. The van der Waals surface area contributed by atoms with Gasteiger partial charge in [0.15, 0.2) is 24.1 Å². The van der Waals surface area contributed by atoms with E-state index < -0.39 is 0 Å². The van der Waals surface area contributed by atoms with Crippen LogP contribution in [0.1, 0.15) is 58.6 Å². The van der Waals surface area contributed by atoms with Crippen LogP contribution in [-0.2, 0) is 50.7 Å². The minimum atomic E-state index is -0.236. The number of rotatable bonds is 28. The van der Waals surface area contributed by atoms with Gasteiger partial charge in [0.2, 0.25) is 0 Å². The van der Waals surface area contributed by atoms with Gasteiger partial charge in [0.05, 0.1) is 60.5 Å². The lowest BCUT2D eigenvalue weighted by atomic mass is 10.1. The second-order valence-electron chi connectivity index (χ2n) is 15.5. The number of ether oxygens (including phenoxy) is 13. The Bertz CT molecular complexity index is 1550. The van der Waals surface area contributed by atoms with Crippen molar-refractivity contribution in [2.45, 2.75) is 85.1 Å². The SMILES string of the molecule is CC(C)OCCN.CCOC(CN)OCC.CCOCCN.COC(CN)OC.COCCN.COc1ccc(CCN)cc1OC.COc1ccc(OC)c(CCN)c1.NCC1CCCO1.NCCOc1ccccc1. The van der Waals surface area contributed by atoms with E-state index in [9.17, 15) is 0 Å². The first-order valence-corrected chi connectivity index (χ1v) is 26.3. The number of methoxy groups -OCH3 is 7. The maximum absolute atomic E-state index is 5.48. The molecule has 0 aliphatic carbocycles. The lowest BCUT2D eigenvalue weighted by Crippen LogP contribution is -2.26. The van der Waals surface area contributed by atoms with Crippen LogP contribution in [0.25, 0.3) is 0 Å². The summed E-state index contributed by atoms with van der Waals surface area (Å²) in [6, 6.07) is 21.2. The Hall–Kier alpha value is -4.02. The van der Waals surface area contributed by atoms with Crippen LogP contribution in [0.3, 0.4) is 0 Å². The van der Waals surface area contributed by atoms with Gasteiger partial charge in [-0.2, -0.15) is 0 Å². The van der Waals surface area contributed by atoms with Crippen molar-refractivity contribution in [3.8, 4) is 28.7 Å². The summed E-state index contributed by atoms with van der Waals surface area (Å²) >= 11 is 0. The quantitative estimate of drug-likeness (QED) is 0.0371. The molecule has 454 valence electrons. The predicted molar refractivity (Wildman–Crippen MR) is 313 cm³/mol. The number of hydrogen-bond donors (Lipinski definition) is 9. The van der Waals surface area contributed by atoms with Crippen molar-refractivity contribution in [2.24, 2.45) is 51.6 Å². The molecule has 1 aliphatic heterocycles. The van der Waals surface area contributed by atoms with Crippen LogP contribution in [0.2, 0.25) is 0 Å². The van der Waals surface area contributed by atoms with Crippen LogP contribution in [0.5, 0.6) is 28.7 Å². The fraction of sp³-hybridized carbons (Fsp3) is 0.673. The van der Waals surface area contributed by atoms with E-state index >= 15 is 0 Å². The Kier molecular flexibility index (Phi) is 70.4. The molecule has 0 aromatic heterocycles. The second-order valence-corrected chi connectivity index (χ2v) is 15.5. The van der Waals surface area contributed by atoms with Crippen LogP contribution < -0.4 is 75.3 Å². The van der Waals surface area contributed by atoms with Gasteiger partial charge in [-0.15, -0.1) is 0 Å². The summed E-state index contributed by atoms with van der Waals surface area (Å²) in [6.07, 6.45) is 4.28. The molecule has 0 radical (unpaired) electrons. The fourth-order valence-electron chi connectivity index (χ4n) is 5.45. The summed E-state index contributed by atoms with van der Waals surface area (Å²) < 4.78 is 65.0. The molecule has 22 heteroatoms. The molecule has 22 nitrogen and oxygen atoms in total. The van der Waals surface area contributed by atoms with Gasteiger partial charge in [-0.25, -0.2) is 0 Å². The summed E-state index contributed by atoms with van der Waals surface area (Å²) in [5.74, 6) is 4.10. The lowest BCUT2D eigenvalue weighted by molar-refractivity contribution is -0.128. The average molecular weight is 1110 g/mol. The maximum Gasteiger partial charge on any atom is 0.169 e. The Morgan fingerprint density at radius 3 is 1.42 bits per heavy atom. The highest BCUT2D eigenvalue weighted by molar-refractivity contribution is 5.43. The molecule has 0 spiro atoms. The van der Waals surface area contributed by atoms with Crippen molar-refractivity contribution in [3.05, 3.63) is 77.9 Å². The highest BCUT2D eigenvalue weighted by Gasteiger charge is 2.12. The molecule has 1 unspecified atom stereocenters. The van der Waals surface area contributed by atoms with Gasteiger partial charge >= 0.3 is 0 Å². The van der Waals surface area contributed by atoms with E-state index in [1.165, 1.54) is 12.0 Å². The number of para-hydroxylation sites is 1. The molecular weight excluding hydrogens is 995 g/mol. The monoisotopic (exact) mass is 1110 g/mol. The third-order valence-corrected chi connectivity index (χ3v) is 9.17. The summed E-state index contributed by atoms with van der Waals surface area (Å²) in [5.41, 5.74) is 49.4. The molecule has 0 bridgehead atoms. The molecule has 1 fully saturated rings. The Balaban J connectivity index is -0.000000257. The Labute approximate surface area is 465 Å². The molecule has 4 rings (SSSR count). The Morgan fingerprint density at radius 2 is 1.08 bits per heavy atom. The highest BCUT2D eigenvalue weighted by Crippen LogP contribution is 2.27. The van der Waals surface area contributed by atoms with E-state index in [1.54, 1.807) is 49.8 Å². The van der Waals surface area contributed by atoms with E-state index in [1.807, 2.05) is 101 Å². The fourth-order valence-corrected chi connectivity index (χ4v) is 5.45. The van der Waals surface area contributed by atoms with Gasteiger partial charge in [-0.3, -0.25) is 0 Å². The minimum Gasteiger partial charge on any atom is -0.497 e. The summed E-state index contributed by atoms with van der Waals surface area (Å²) in [5, 5.41) is 0. The predicted octanol–water partition coefficient (Wildman–Crippen LogP) is 3.41. The smallest absolute Gasteiger partial charge is 0.169 e. The summed E-state index contributed by atoms with van der Waals surface area (Å²) in [7, 11) is 11.3. The van der Waals surface area contributed by atoms with Crippen LogP contribution in [0, 0.1) is 0 Å². The van der Waals surface area contributed by atoms with Crippen molar-refractivity contribution in [1.82, 2.24) is 0 Å². The van der Waals surface area contributed by atoms with Crippen LogP contribution in [-0.4, -0.2) is 186 Å². The van der Waals surface area contributed by atoms with Gasteiger partial charge in [-0.05, 0) is 127 Å². The van der Waals surface area contributed by atoms with Crippen LogP contribution in [0.4, 0.5) is 0 Å². The van der Waals surface area contributed by atoms with Crippen molar-refractivity contribution >= 4 is 0 Å². The standard InChI is InChI=1S/2C10H15NO2.C8H11NO.C6H15NO2.C5H11NO.C5H13NO.C4H11NO2.C4H11NO.C3H9NO/c1-12-9-3-4-10(13-2)8(7-9)5-6-11;1-12-9-4-3-8(5-6-11)7-10(9)13-2;9-6-7-10-8-4-2-1-3-5-8;1-3-8-6(5-7)9-4-2;6-4-5-2-1-3-7-5;1-5(2)7-4-3-6;1-6-4(3-5)7-2;1-2-6-4-3-5;1-5-3-2-4/h2*3-4,7H,5-6,11H2,1-2H3;1-5H,6-7,9H2;6H,3-5,7H2,1-2H3;5H,1-4,6H2;5H,3-4,6H2,1-2H3;4H,3,5H2,1-2H3;2-5H2,1H3;2-4H2,1H3. The van der Waals surface area contributed by atoms with E-state index in [0.717, 1.165) is 66.8 Å². The zero-order valence-electron chi connectivity index (χ0n) is 49.5. The topological polar surface area (TPSA) is 354 Å². The van der Waals surface area contributed by atoms with Crippen LogP contribution >= 0.6 is 0 Å². The highest BCUT2D eigenvalue weighted by atomic mass is 16.7. The van der Waals surface area contributed by atoms with Gasteiger partial charge in [-0.1, -0.05) is 24.3 Å². The minimum absolute atomic E-state index is 0.208. The number of hydrogen-bond acceptors (Lipinski definition) is 22. The van der Waals surface area contributed by atoms with E-state index in [2.05, 4.69) is 4.74 Å². The number of nitrogens with two attached hydrogens (primary N) is 9. The van der Waals surface area contributed by atoms with E-state index in [0.29, 0.717) is 111 Å².